The number of rotatable bonds is 2. The van der Waals surface area contributed by atoms with E-state index in [0.717, 1.165) is 0 Å². The number of hydrogen-bond donors (Lipinski definition) is 0. The van der Waals surface area contributed by atoms with Gasteiger partial charge in [-0.3, -0.25) is 4.79 Å². The van der Waals surface area contributed by atoms with Crippen LogP contribution in [-0.2, 0) is 7.05 Å². The number of halogens is 1. The summed E-state index contributed by atoms with van der Waals surface area (Å²) in [5.74, 6) is 2.63. The van der Waals surface area contributed by atoms with Crippen LogP contribution in [0.5, 0.6) is 5.88 Å². The summed E-state index contributed by atoms with van der Waals surface area (Å²) >= 11 is 3.14. The first kappa shape index (κ1) is 9.81. The number of nitrogens with zero attached hydrogens (tertiary/aromatic N) is 2. The Morgan fingerprint density at radius 2 is 2.54 bits per heavy atom. The second-order valence-electron chi connectivity index (χ2n) is 2.25. The molecule has 5 heteroatoms. The summed E-state index contributed by atoms with van der Waals surface area (Å²) in [5.41, 5.74) is -0.208. The van der Waals surface area contributed by atoms with Crippen molar-refractivity contribution in [1.29, 1.82) is 0 Å². The summed E-state index contributed by atoms with van der Waals surface area (Å²) in [5, 5.41) is 3.85. The molecule has 0 bridgehead atoms. The van der Waals surface area contributed by atoms with Crippen LogP contribution in [0.2, 0.25) is 0 Å². The van der Waals surface area contributed by atoms with Crippen LogP contribution in [0.25, 0.3) is 0 Å². The van der Waals surface area contributed by atoms with Gasteiger partial charge in [-0.1, -0.05) is 5.92 Å². The van der Waals surface area contributed by atoms with Crippen LogP contribution in [0, 0.1) is 12.3 Å². The second kappa shape index (κ2) is 4.10. The monoisotopic (exact) mass is 242 g/mol. The Morgan fingerprint density at radius 1 is 1.85 bits per heavy atom. The third-order valence-corrected chi connectivity index (χ3v) is 1.87. The molecule has 0 aromatic carbocycles. The average Bonchev–Trinajstić information content (AvgIpc) is 2.09. The van der Waals surface area contributed by atoms with E-state index in [4.69, 9.17) is 11.2 Å². The molecule has 68 valence electrons. The molecule has 0 aliphatic heterocycles. The van der Waals surface area contributed by atoms with E-state index in [1.165, 1.54) is 17.8 Å². The molecule has 0 atom stereocenters. The lowest BCUT2D eigenvalue weighted by Crippen LogP contribution is -2.19. The smallest absolute Gasteiger partial charge is 0.267 e. The van der Waals surface area contributed by atoms with Gasteiger partial charge in [-0.25, -0.2) is 4.68 Å². The van der Waals surface area contributed by atoms with E-state index in [9.17, 15) is 4.79 Å². The summed E-state index contributed by atoms with van der Waals surface area (Å²) in [6, 6.07) is 1.37. The van der Waals surface area contributed by atoms with Crippen molar-refractivity contribution in [2.75, 3.05) is 6.61 Å². The van der Waals surface area contributed by atoms with Crippen molar-refractivity contribution in [2.24, 2.45) is 7.05 Å². The highest BCUT2D eigenvalue weighted by molar-refractivity contribution is 9.10. The van der Waals surface area contributed by atoms with E-state index >= 15 is 0 Å². The van der Waals surface area contributed by atoms with E-state index in [2.05, 4.69) is 26.9 Å². The lowest BCUT2D eigenvalue weighted by Gasteiger charge is -2.04. The number of hydrogen-bond acceptors (Lipinski definition) is 3. The molecule has 0 saturated heterocycles. The molecule has 0 aliphatic carbocycles. The summed E-state index contributed by atoms with van der Waals surface area (Å²) in [4.78, 5) is 11.0. The normalized spacial score (nSPS) is 9.31. The minimum Gasteiger partial charge on any atom is -0.463 e. The van der Waals surface area contributed by atoms with Gasteiger partial charge in [0.2, 0.25) is 5.88 Å². The van der Waals surface area contributed by atoms with Crippen LogP contribution in [0.1, 0.15) is 0 Å². The van der Waals surface area contributed by atoms with E-state index < -0.39 is 0 Å². The van der Waals surface area contributed by atoms with Crippen LogP contribution in [0.3, 0.4) is 0 Å². The molecule has 0 spiro atoms. The van der Waals surface area contributed by atoms with Crippen molar-refractivity contribution in [3.8, 4) is 18.2 Å². The van der Waals surface area contributed by atoms with E-state index in [1.807, 2.05) is 0 Å². The van der Waals surface area contributed by atoms with Crippen molar-refractivity contribution in [1.82, 2.24) is 9.78 Å². The number of aryl methyl sites for hydroxylation is 1. The molecule has 1 rings (SSSR count). The summed E-state index contributed by atoms with van der Waals surface area (Å²) < 4.78 is 6.75. The van der Waals surface area contributed by atoms with Crippen LogP contribution in [-0.4, -0.2) is 16.4 Å². The van der Waals surface area contributed by atoms with Gasteiger partial charge < -0.3 is 4.74 Å². The van der Waals surface area contributed by atoms with Crippen LogP contribution in [0.4, 0.5) is 0 Å². The van der Waals surface area contributed by atoms with Gasteiger partial charge in [0, 0.05) is 13.1 Å². The number of aromatic nitrogens is 2. The van der Waals surface area contributed by atoms with Gasteiger partial charge in [-0.2, -0.15) is 0 Å². The molecule has 0 radical (unpaired) electrons. The Labute approximate surface area is 83.7 Å². The van der Waals surface area contributed by atoms with Crippen LogP contribution in [0.15, 0.2) is 15.3 Å². The van der Waals surface area contributed by atoms with Gasteiger partial charge in [0.1, 0.15) is 0 Å². The Bertz CT molecular complexity index is 406. The standard InChI is InChI=1S/C8H7BrN2O2/c1-3-4-13-8-6(9)5-7(12)11(2)10-8/h1,5H,4H2,2H3. The van der Waals surface area contributed by atoms with Gasteiger partial charge >= 0.3 is 0 Å². The highest BCUT2D eigenvalue weighted by Gasteiger charge is 2.04. The average molecular weight is 243 g/mol. The van der Waals surface area contributed by atoms with E-state index in [1.54, 1.807) is 0 Å². The lowest BCUT2D eigenvalue weighted by molar-refractivity contribution is 0.340. The van der Waals surface area contributed by atoms with Crippen molar-refractivity contribution < 1.29 is 4.74 Å². The molecule has 1 heterocycles. The molecular formula is C8H7BrN2O2. The Kier molecular flexibility index (Phi) is 3.09. The Balaban J connectivity index is 3.03. The fourth-order valence-corrected chi connectivity index (χ4v) is 1.09. The molecule has 0 fully saturated rings. The molecular weight excluding hydrogens is 236 g/mol. The molecule has 1 aromatic rings. The van der Waals surface area contributed by atoms with E-state index in [-0.39, 0.29) is 12.2 Å². The fourth-order valence-electron chi connectivity index (χ4n) is 0.705. The minimum atomic E-state index is -0.208. The lowest BCUT2D eigenvalue weighted by atomic mass is 10.5. The fraction of sp³-hybridized carbons (Fsp3) is 0.250. The predicted octanol–water partition coefficient (Wildman–Crippen LogP) is 0.555. The number of ether oxygens (including phenoxy) is 1. The molecule has 0 aliphatic rings. The molecule has 4 nitrogen and oxygen atoms in total. The molecule has 13 heavy (non-hydrogen) atoms. The predicted molar refractivity (Wildman–Crippen MR) is 51.5 cm³/mol. The van der Waals surface area contributed by atoms with Gasteiger partial charge in [0.15, 0.2) is 6.61 Å². The molecule has 0 N–H and O–H groups in total. The summed E-state index contributed by atoms with van der Waals surface area (Å²) in [6.07, 6.45) is 5.01. The minimum absolute atomic E-state index is 0.129. The van der Waals surface area contributed by atoms with Gasteiger partial charge in [0.25, 0.3) is 5.56 Å². The van der Waals surface area contributed by atoms with Crippen LogP contribution >= 0.6 is 15.9 Å². The Hall–Kier alpha value is -1.28. The second-order valence-corrected chi connectivity index (χ2v) is 3.11. The zero-order chi connectivity index (χ0) is 9.84. The van der Waals surface area contributed by atoms with Crippen LogP contribution < -0.4 is 10.3 Å². The number of terminal acetylenes is 1. The first-order valence-corrected chi connectivity index (χ1v) is 4.24. The largest absolute Gasteiger partial charge is 0.463 e. The highest BCUT2D eigenvalue weighted by atomic mass is 79.9. The SMILES string of the molecule is C#CCOc1nn(C)c(=O)cc1Br. The van der Waals surface area contributed by atoms with Gasteiger partial charge in [-0.05, 0) is 15.9 Å². The quantitative estimate of drug-likeness (QED) is 0.712. The zero-order valence-electron chi connectivity index (χ0n) is 6.95. The molecule has 0 unspecified atom stereocenters. The topological polar surface area (TPSA) is 44.1 Å². The van der Waals surface area contributed by atoms with Crippen molar-refractivity contribution in [3.05, 3.63) is 20.9 Å². The van der Waals surface area contributed by atoms with Gasteiger partial charge in [0.05, 0.1) is 4.47 Å². The maximum Gasteiger partial charge on any atom is 0.267 e. The van der Waals surface area contributed by atoms with Gasteiger partial charge in [-0.15, -0.1) is 11.5 Å². The molecule has 1 aromatic heterocycles. The Morgan fingerprint density at radius 3 is 3.15 bits per heavy atom. The van der Waals surface area contributed by atoms with Crippen molar-refractivity contribution in [3.63, 3.8) is 0 Å². The van der Waals surface area contributed by atoms with Crippen molar-refractivity contribution in [2.45, 2.75) is 0 Å². The maximum atomic E-state index is 11.0. The first-order valence-electron chi connectivity index (χ1n) is 3.45. The zero-order valence-corrected chi connectivity index (χ0v) is 8.54. The molecule has 0 amide bonds. The molecule has 0 saturated carbocycles. The van der Waals surface area contributed by atoms with Crippen molar-refractivity contribution >= 4 is 15.9 Å². The van der Waals surface area contributed by atoms with E-state index in [0.29, 0.717) is 10.4 Å². The third-order valence-electron chi connectivity index (χ3n) is 1.31. The maximum absolute atomic E-state index is 11.0. The highest BCUT2D eigenvalue weighted by Crippen LogP contribution is 2.18. The third kappa shape index (κ3) is 2.33. The first-order chi connectivity index (χ1) is 6.15. The summed E-state index contributed by atoms with van der Waals surface area (Å²) in [6.45, 7) is 0.129. The summed E-state index contributed by atoms with van der Waals surface area (Å²) in [7, 11) is 1.54.